The minimum Gasteiger partial charge on any atom is -0.463 e. The largest absolute Gasteiger partial charge is 0.472 e. The summed E-state index contributed by atoms with van der Waals surface area (Å²) in [6.07, 6.45) is 78.1. The molecule has 0 aromatic carbocycles. The number of aliphatic hydroxyl groups excluding tert-OH is 2. The lowest BCUT2D eigenvalue weighted by atomic mass is 10.1. The summed E-state index contributed by atoms with van der Waals surface area (Å²) in [5.74, 6) is -1.62. The van der Waals surface area contributed by atoms with Crippen LogP contribution in [0.15, 0.2) is 122 Å². The highest BCUT2D eigenvalue weighted by Crippen LogP contribution is 2.45. The molecule has 0 aromatic rings. The zero-order chi connectivity index (χ0) is 68.1. The van der Waals surface area contributed by atoms with E-state index in [1.165, 1.54) is 44.9 Å². The lowest BCUT2D eigenvalue weighted by Gasteiger charge is -2.21. The lowest BCUT2D eigenvalue weighted by Crippen LogP contribution is -2.30. The second kappa shape index (κ2) is 67.9. The van der Waals surface area contributed by atoms with Crippen LogP contribution in [0, 0.1) is 0 Å². The standard InChI is InChI=1S/C75H128O16P2/c1-4-7-10-13-16-19-22-25-28-30-32-33-34-35-37-39-41-43-46-49-52-55-58-61-73(78)85-64-70(76)65-87-92(81,82)88-66-71(77)67-89-93(83,84)90-69-72(91-75(80)63-60-57-54-51-48-45-40-27-24-21-18-15-12-9-6-3)68-86-74(79)62-59-56-53-50-47-44-42-38-36-31-29-26-23-20-17-14-11-8-5-2/h9,12,16-21,25-29,32-33,35-38,40,70-72,76-77H,4-8,10-11,13-15,22-24,30-31,34,39,41-69H2,1-3H3,(H,81,82)(H,83,84)/b12-9-,19-16-,20-17-,21-18-,28-25-,29-26-,33-32-,37-35-,38-36-,40-27-. The normalized spacial score (nSPS) is 14.9. The number of allylic oxidation sites excluding steroid dienone is 20. The first kappa shape index (κ1) is 89.0. The minimum atomic E-state index is -4.94. The van der Waals surface area contributed by atoms with E-state index in [0.29, 0.717) is 19.3 Å². The summed E-state index contributed by atoms with van der Waals surface area (Å²) in [5, 5.41) is 20.6. The van der Waals surface area contributed by atoms with Gasteiger partial charge >= 0.3 is 33.6 Å². The van der Waals surface area contributed by atoms with E-state index in [1.807, 2.05) is 0 Å². The average Bonchev–Trinajstić information content (AvgIpc) is 3.57. The number of carbonyl (C=O) groups is 3. The summed E-state index contributed by atoms with van der Waals surface area (Å²) < 4.78 is 60.9. The Labute approximate surface area is 563 Å². The minimum absolute atomic E-state index is 0.0790. The maximum atomic E-state index is 12.9. The molecule has 0 amide bonds. The molecular formula is C75H128O16P2. The predicted molar refractivity (Wildman–Crippen MR) is 380 cm³/mol. The highest BCUT2D eigenvalue weighted by atomic mass is 31.2. The van der Waals surface area contributed by atoms with Crippen molar-refractivity contribution in [2.75, 3.05) is 39.6 Å². The van der Waals surface area contributed by atoms with Crippen LogP contribution in [0.25, 0.3) is 0 Å². The molecule has 0 fully saturated rings. The second-order valence-corrected chi connectivity index (χ2v) is 26.6. The summed E-state index contributed by atoms with van der Waals surface area (Å²) in [6.45, 7) is 2.45. The number of unbranched alkanes of at least 4 members (excludes halogenated alkanes) is 24. The molecule has 0 aromatic heterocycles. The zero-order valence-corrected chi connectivity index (χ0v) is 59.7. The van der Waals surface area contributed by atoms with Crippen LogP contribution in [0.2, 0.25) is 0 Å². The van der Waals surface area contributed by atoms with Crippen LogP contribution in [-0.4, -0.2) is 95.9 Å². The molecular weight excluding hydrogens is 1220 g/mol. The molecule has 534 valence electrons. The fraction of sp³-hybridized carbons (Fsp3) is 0.693. The molecule has 0 rings (SSSR count). The van der Waals surface area contributed by atoms with E-state index in [-0.39, 0.29) is 19.3 Å². The lowest BCUT2D eigenvalue weighted by molar-refractivity contribution is -0.161. The average molecular weight is 1350 g/mol. The van der Waals surface area contributed by atoms with Crippen LogP contribution < -0.4 is 0 Å². The number of ether oxygens (including phenoxy) is 3. The molecule has 4 N–H and O–H groups in total. The van der Waals surface area contributed by atoms with Crippen LogP contribution in [-0.2, 0) is 55.8 Å². The monoisotopic (exact) mass is 1350 g/mol. The Bertz CT molecular complexity index is 2180. The van der Waals surface area contributed by atoms with E-state index in [1.54, 1.807) is 0 Å². The maximum Gasteiger partial charge on any atom is 0.472 e. The van der Waals surface area contributed by atoms with Gasteiger partial charge in [0.25, 0.3) is 0 Å². The first-order chi connectivity index (χ1) is 45.2. The van der Waals surface area contributed by atoms with Crippen LogP contribution >= 0.6 is 15.6 Å². The highest BCUT2D eigenvalue weighted by molar-refractivity contribution is 7.47. The van der Waals surface area contributed by atoms with E-state index in [0.717, 1.165) is 173 Å². The summed E-state index contributed by atoms with van der Waals surface area (Å²) in [4.78, 5) is 58.5. The van der Waals surface area contributed by atoms with E-state index in [2.05, 4.69) is 142 Å². The number of carbonyl (C=O) groups excluding carboxylic acids is 3. The van der Waals surface area contributed by atoms with Gasteiger partial charge in [-0.1, -0.05) is 245 Å². The van der Waals surface area contributed by atoms with Gasteiger partial charge in [0.2, 0.25) is 0 Å². The van der Waals surface area contributed by atoms with Gasteiger partial charge in [0, 0.05) is 19.3 Å². The maximum absolute atomic E-state index is 12.9. The van der Waals surface area contributed by atoms with Crippen molar-refractivity contribution in [2.24, 2.45) is 0 Å². The molecule has 0 radical (unpaired) electrons. The van der Waals surface area contributed by atoms with Crippen LogP contribution in [0.3, 0.4) is 0 Å². The SMILES string of the molecule is CC/C=C\C/C=C\C/C=C\CCCCCCCC(=O)OC(COC(=O)CCCCCCCC/C=C\C/C=C\C/C=C\CCCCC)COP(=O)(O)OCC(O)COP(=O)(O)OCC(O)COC(=O)CCCCCCCCC/C=C\C/C=C\C/C=C\C/C=C\CCCCC. The molecule has 0 saturated carbocycles. The molecule has 18 heteroatoms. The molecule has 93 heavy (non-hydrogen) atoms. The molecule has 0 bridgehead atoms. The van der Waals surface area contributed by atoms with Crippen LogP contribution in [0.5, 0.6) is 0 Å². The van der Waals surface area contributed by atoms with Crippen molar-refractivity contribution in [1.29, 1.82) is 0 Å². The predicted octanol–water partition coefficient (Wildman–Crippen LogP) is 20.2. The van der Waals surface area contributed by atoms with E-state index < -0.39 is 91.5 Å². The van der Waals surface area contributed by atoms with Gasteiger partial charge in [-0.05, 0) is 135 Å². The number of rotatable bonds is 67. The number of aliphatic hydroxyl groups is 2. The van der Waals surface area contributed by atoms with Crippen molar-refractivity contribution in [2.45, 2.75) is 296 Å². The number of hydrogen-bond acceptors (Lipinski definition) is 14. The zero-order valence-electron chi connectivity index (χ0n) is 57.9. The molecule has 0 aliphatic carbocycles. The van der Waals surface area contributed by atoms with Gasteiger partial charge in [0.1, 0.15) is 25.4 Å². The first-order valence-electron chi connectivity index (χ1n) is 35.8. The molecule has 5 unspecified atom stereocenters. The molecule has 16 nitrogen and oxygen atoms in total. The van der Waals surface area contributed by atoms with Crippen LogP contribution in [0.1, 0.15) is 278 Å². The van der Waals surface area contributed by atoms with E-state index >= 15 is 0 Å². The topological polar surface area (TPSA) is 231 Å². The van der Waals surface area contributed by atoms with Crippen molar-refractivity contribution in [3.63, 3.8) is 0 Å². The van der Waals surface area contributed by atoms with Crippen LogP contribution in [0.4, 0.5) is 0 Å². The number of phosphoric ester groups is 2. The summed E-state index contributed by atoms with van der Waals surface area (Å²) in [7, 11) is -9.80. The number of esters is 3. The Balaban J connectivity index is 4.66. The Morgan fingerprint density at radius 2 is 0.570 bits per heavy atom. The Morgan fingerprint density at radius 3 is 0.903 bits per heavy atom. The van der Waals surface area contributed by atoms with E-state index in [4.69, 9.17) is 32.3 Å². The second-order valence-electron chi connectivity index (χ2n) is 23.6. The molecule has 5 atom stereocenters. The van der Waals surface area contributed by atoms with Gasteiger partial charge < -0.3 is 34.2 Å². The summed E-state index contributed by atoms with van der Waals surface area (Å²) in [5.41, 5.74) is 0. The molecule has 0 heterocycles. The summed E-state index contributed by atoms with van der Waals surface area (Å²) >= 11 is 0. The Morgan fingerprint density at radius 1 is 0.312 bits per heavy atom. The Hall–Kier alpha value is -4.05. The van der Waals surface area contributed by atoms with Crippen molar-refractivity contribution >= 4 is 33.6 Å². The third-order valence-electron chi connectivity index (χ3n) is 14.6. The third-order valence-corrected chi connectivity index (χ3v) is 16.5. The van der Waals surface area contributed by atoms with Gasteiger partial charge in [0.05, 0.1) is 26.4 Å². The van der Waals surface area contributed by atoms with Gasteiger partial charge in [0.15, 0.2) is 6.10 Å². The summed E-state index contributed by atoms with van der Waals surface area (Å²) in [6, 6.07) is 0. The fourth-order valence-electron chi connectivity index (χ4n) is 9.16. The van der Waals surface area contributed by atoms with Crippen molar-refractivity contribution in [3.05, 3.63) is 122 Å². The van der Waals surface area contributed by atoms with Gasteiger partial charge in [-0.15, -0.1) is 0 Å². The molecule has 0 aliphatic rings. The van der Waals surface area contributed by atoms with Gasteiger partial charge in [-0.25, -0.2) is 9.13 Å². The van der Waals surface area contributed by atoms with Crippen molar-refractivity contribution in [1.82, 2.24) is 0 Å². The van der Waals surface area contributed by atoms with Crippen molar-refractivity contribution in [3.8, 4) is 0 Å². The molecule has 0 aliphatic heterocycles. The first-order valence-corrected chi connectivity index (χ1v) is 38.8. The van der Waals surface area contributed by atoms with Gasteiger partial charge in [-0.2, -0.15) is 0 Å². The smallest absolute Gasteiger partial charge is 0.463 e. The molecule has 0 saturated heterocycles. The quantitative estimate of drug-likeness (QED) is 0.0146. The third kappa shape index (κ3) is 69.1. The fourth-order valence-corrected chi connectivity index (χ4v) is 10.7. The number of hydrogen-bond donors (Lipinski definition) is 4. The Kier molecular flexibility index (Phi) is 65.0. The molecule has 0 spiro atoms. The highest BCUT2D eigenvalue weighted by Gasteiger charge is 2.29. The van der Waals surface area contributed by atoms with E-state index in [9.17, 15) is 43.5 Å². The van der Waals surface area contributed by atoms with Gasteiger partial charge in [-0.3, -0.25) is 32.5 Å². The number of phosphoric acid groups is 2. The van der Waals surface area contributed by atoms with Crippen molar-refractivity contribution < 1.29 is 75.8 Å².